The van der Waals surface area contributed by atoms with Gasteiger partial charge in [0.15, 0.2) is 11.5 Å². The first-order chi connectivity index (χ1) is 16.3. The average molecular weight is 543 g/mol. The molecule has 172 valence electrons. The van der Waals surface area contributed by atoms with Crippen LogP contribution < -0.4 is 14.8 Å². The minimum absolute atomic E-state index is 0.0345. The van der Waals surface area contributed by atoms with E-state index in [2.05, 4.69) is 21.2 Å². The van der Waals surface area contributed by atoms with E-state index in [9.17, 15) is 20.2 Å². The van der Waals surface area contributed by atoms with Crippen molar-refractivity contribution in [1.29, 1.82) is 5.26 Å². The van der Waals surface area contributed by atoms with E-state index in [4.69, 9.17) is 21.1 Å². The fourth-order valence-electron chi connectivity index (χ4n) is 2.96. The molecular weight excluding hydrogens is 526 g/mol. The van der Waals surface area contributed by atoms with Gasteiger partial charge in [-0.25, -0.2) is 0 Å². The number of non-ortho nitro benzene ring substituents is 1. The number of anilines is 1. The molecule has 0 aliphatic carbocycles. The normalized spacial score (nSPS) is 10.8. The van der Waals surface area contributed by atoms with E-state index >= 15 is 0 Å². The smallest absolute Gasteiger partial charge is 0.269 e. The first kappa shape index (κ1) is 24.8. The van der Waals surface area contributed by atoms with E-state index in [-0.39, 0.29) is 17.9 Å². The van der Waals surface area contributed by atoms with Crippen LogP contribution in [0.4, 0.5) is 11.4 Å². The standard InChI is InChI=1S/C24H17BrClN3O5/c1-33-22-11-16(8-17(13-27)24(30)28-19-6-3-5-18(26)12-19)10-21(25)23(22)34-14-15-4-2-7-20(9-15)29(31)32/h2-12H,14H2,1H3,(H,28,30)/b17-8+. The van der Waals surface area contributed by atoms with E-state index in [1.807, 2.05) is 6.07 Å². The number of nitro groups is 1. The molecule has 0 aromatic heterocycles. The number of nitriles is 1. The van der Waals surface area contributed by atoms with Gasteiger partial charge in [0.2, 0.25) is 0 Å². The highest BCUT2D eigenvalue weighted by atomic mass is 79.9. The summed E-state index contributed by atoms with van der Waals surface area (Å²) in [7, 11) is 1.45. The number of amides is 1. The molecule has 10 heteroatoms. The number of rotatable bonds is 8. The summed E-state index contributed by atoms with van der Waals surface area (Å²) in [6.45, 7) is 0.0668. The fourth-order valence-corrected chi connectivity index (χ4v) is 3.72. The van der Waals surface area contributed by atoms with Crippen molar-refractivity contribution in [2.75, 3.05) is 12.4 Å². The molecule has 0 bridgehead atoms. The van der Waals surface area contributed by atoms with Crippen LogP contribution in [0.25, 0.3) is 6.08 Å². The Morgan fingerprint density at radius 3 is 2.68 bits per heavy atom. The number of nitro benzene ring substituents is 1. The van der Waals surface area contributed by atoms with E-state index < -0.39 is 10.8 Å². The third kappa shape index (κ3) is 6.34. The molecule has 0 unspecified atom stereocenters. The lowest BCUT2D eigenvalue weighted by atomic mass is 10.1. The molecule has 3 aromatic rings. The van der Waals surface area contributed by atoms with Gasteiger partial charge >= 0.3 is 0 Å². The second-order valence-electron chi connectivity index (χ2n) is 6.88. The Morgan fingerprint density at radius 2 is 2.00 bits per heavy atom. The number of nitrogens with zero attached hydrogens (tertiary/aromatic N) is 2. The van der Waals surface area contributed by atoms with E-state index in [1.165, 1.54) is 25.3 Å². The second-order valence-corrected chi connectivity index (χ2v) is 8.17. The fraction of sp³-hybridized carbons (Fsp3) is 0.0833. The van der Waals surface area contributed by atoms with Gasteiger partial charge in [-0.3, -0.25) is 14.9 Å². The summed E-state index contributed by atoms with van der Waals surface area (Å²) in [6.07, 6.45) is 1.41. The number of carbonyl (C=O) groups is 1. The topological polar surface area (TPSA) is 114 Å². The first-order valence-electron chi connectivity index (χ1n) is 9.73. The van der Waals surface area contributed by atoms with Crippen LogP contribution in [0.15, 0.2) is 70.7 Å². The Bertz CT molecular complexity index is 1320. The predicted molar refractivity (Wildman–Crippen MR) is 132 cm³/mol. The summed E-state index contributed by atoms with van der Waals surface area (Å²) in [5, 5.41) is 23.5. The van der Waals surface area contributed by atoms with Crippen molar-refractivity contribution in [1.82, 2.24) is 0 Å². The summed E-state index contributed by atoms with van der Waals surface area (Å²) in [5.74, 6) is 0.123. The van der Waals surface area contributed by atoms with Gasteiger partial charge in [-0.05, 0) is 63.5 Å². The molecule has 0 aliphatic rings. The van der Waals surface area contributed by atoms with Crippen LogP contribution in [0, 0.1) is 21.4 Å². The average Bonchev–Trinajstić information content (AvgIpc) is 2.81. The molecule has 0 atom stereocenters. The van der Waals surface area contributed by atoms with Gasteiger partial charge in [-0.2, -0.15) is 5.26 Å². The molecule has 3 aromatic carbocycles. The highest BCUT2D eigenvalue weighted by Crippen LogP contribution is 2.38. The quantitative estimate of drug-likeness (QED) is 0.158. The lowest BCUT2D eigenvalue weighted by Gasteiger charge is -2.14. The number of hydrogen-bond donors (Lipinski definition) is 1. The lowest BCUT2D eigenvalue weighted by Crippen LogP contribution is -2.13. The van der Waals surface area contributed by atoms with Gasteiger partial charge in [0.25, 0.3) is 11.6 Å². The molecule has 0 saturated carbocycles. The van der Waals surface area contributed by atoms with Gasteiger partial charge in [0, 0.05) is 22.8 Å². The van der Waals surface area contributed by atoms with Crippen molar-refractivity contribution in [3.63, 3.8) is 0 Å². The number of halogens is 2. The van der Waals surface area contributed by atoms with Crippen LogP contribution in [-0.2, 0) is 11.4 Å². The molecule has 1 N–H and O–H groups in total. The number of carbonyl (C=O) groups excluding carboxylic acids is 1. The third-order valence-corrected chi connectivity index (χ3v) is 5.34. The Morgan fingerprint density at radius 1 is 1.24 bits per heavy atom. The summed E-state index contributed by atoms with van der Waals surface area (Å²) in [6, 6.07) is 17.9. The SMILES string of the molecule is COc1cc(/C=C(\C#N)C(=O)Nc2cccc(Cl)c2)cc(Br)c1OCc1cccc([N+](=O)[O-])c1. The van der Waals surface area contributed by atoms with Crippen LogP contribution in [0.3, 0.4) is 0 Å². The van der Waals surface area contributed by atoms with Crippen molar-refractivity contribution >= 4 is 50.9 Å². The molecule has 0 aliphatic heterocycles. The maximum absolute atomic E-state index is 12.5. The highest BCUT2D eigenvalue weighted by Gasteiger charge is 2.15. The monoisotopic (exact) mass is 541 g/mol. The lowest BCUT2D eigenvalue weighted by molar-refractivity contribution is -0.384. The van der Waals surface area contributed by atoms with Crippen molar-refractivity contribution in [3.8, 4) is 17.6 Å². The van der Waals surface area contributed by atoms with E-state index in [0.717, 1.165) is 0 Å². The zero-order valence-corrected chi connectivity index (χ0v) is 20.1. The molecule has 0 fully saturated rings. The largest absolute Gasteiger partial charge is 0.493 e. The Balaban J connectivity index is 1.82. The van der Waals surface area contributed by atoms with Crippen molar-refractivity contribution in [3.05, 3.63) is 97.0 Å². The second kappa shape index (κ2) is 11.3. The maximum atomic E-state index is 12.5. The number of methoxy groups -OCH3 is 1. The van der Waals surface area contributed by atoms with Gasteiger partial charge < -0.3 is 14.8 Å². The van der Waals surface area contributed by atoms with E-state index in [1.54, 1.807) is 48.5 Å². The summed E-state index contributed by atoms with van der Waals surface area (Å²) >= 11 is 9.35. The van der Waals surface area contributed by atoms with Crippen LogP contribution >= 0.6 is 27.5 Å². The molecular formula is C24H17BrClN3O5. The number of benzene rings is 3. The van der Waals surface area contributed by atoms with Crippen molar-refractivity contribution < 1.29 is 19.2 Å². The van der Waals surface area contributed by atoms with Gasteiger partial charge in [-0.15, -0.1) is 0 Å². The van der Waals surface area contributed by atoms with Gasteiger partial charge in [-0.1, -0.05) is 29.8 Å². The zero-order valence-electron chi connectivity index (χ0n) is 17.7. The molecule has 0 radical (unpaired) electrons. The number of hydrogen-bond acceptors (Lipinski definition) is 6. The molecule has 0 saturated heterocycles. The van der Waals surface area contributed by atoms with E-state index in [0.29, 0.717) is 37.8 Å². The predicted octanol–water partition coefficient (Wildman–Crippen LogP) is 6.14. The molecule has 34 heavy (non-hydrogen) atoms. The highest BCUT2D eigenvalue weighted by molar-refractivity contribution is 9.10. The number of ether oxygens (including phenoxy) is 2. The Hall–Kier alpha value is -3.87. The summed E-state index contributed by atoms with van der Waals surface area (Å²) in [4.78, 5) is 23.0. The molecule has 0 spiro atoms. The zero-order chi connectivity index (χ0) is 24.7. The van der Waals surface area contributed by atoms with Gasteiger partial charge in [0.1, 0.15) is 18.2 Å². The molecule has 1 amide bonds. The van der Waals surface area contributed by atoms with Gasteiger partial charge in [0.05, 0.1) is 16.5 Å². The molecule has 3 rings (SSSR count). The van der Waals surface area contributed by atoms with Crippen LogP contribution in [0.1, 0.15) is 11.1 Å². The minimum Gasteiger partial charge on any atom is -0.493 e. The first-order valence-corrected chi connectivity index (χ1v) is 10.9. The summed E-state index contributed by atoms with van der Waals surface area (Å²) in [5.41, 5.74) is 1.43. The maximum Gasteiger partial charge on any atom is 0.269 e. The van der Waals surface area contributed by atoms with Crippen molar-refractivity contribution in [2.45, 2.75) is 6.61 Å². The minimum atomic E-state index is -0.592. The Kier molecular flexibility index (Phi) is 8.24. The van der Waals surface area contributed by atoms with Crippen molar-refractivity contribution in [2.24, 2.45) is 0 Å². The van der Waals surface area contributed by atoms with Crippen LogP contribution in [0.2, 0.25) is 5.02 Å². The Labute approximate surface area is 208 Å². The number of nitrogens with one attached hydrogen (secondary N) is 1. The summed E-state index contributed by atoms with van der Waals surface area (Å²) < 4.78 is 11.8. The van der Waals surface area contributed by atoms with Crippen LogP contribution in [0.5, 0.6) is 11.5 Å². The molecule has 0 heterocycles. The van der Waals surface area contributed by atoms with Crippen LogP contribution in [-0.4, -0.2) is 17.9 Å². The third-order valence-electron chi connectivity index (χ3n) is 4.51. The molecule has 8 nitrogen and oxygen atoms in total.